The van der Waals surface area contributed by atoms with E-state index in [1.165, 1.54) is 5.56 Å². The summed E-state index contributed by atoms with van der Waals surface area (Å²) in [6.45, 7) is 2.66. The molecular weight excluding hydrogens is 222 g/mol. The van der Waals surface area contributed by atoms with Crippen LogP contribution in [-0.4, -0.2) is 11.7 Å². The quantitative estimate of drug-likeness (QED) is 0.843. The Morgan fingerprint density at radius 2 is 1.39 bits per heavy atom. The maximum Gasteiger partial charge on any atom is 0.0914 e. The molecule has 2 N–H and O–H groups in total. The fraction of sp³-hybridized carbons (Fsp3) is 0.250. The molecule has 18 heavy (non-hydrogen) atoms. The molecule has 0 spiro atoms. The molecule has 0 aliphatic heterocycles. The Kier molecular flexibility index (Phi) is 4.51. The third-order valence-electron chi connectivity index (χ3n) is 3.10. The largest absolute Gasteiger partial charge is 0.387 e. The molecule has 2 aromatic rings. The SMILES string of the molecule is C[C@H](NC[C@H](O)c1ccccc1)c1ccccc1. The van der Waals surface area contributed by atoms with Crippen molar-refractivity contribution in [3.8, 4) is 0 Å². The van der Waals surface area contributed by atoms with E-state index in [4.69, 9.17) is 0 Å². The zero-order chi connectivity index (χ0) is 12.8. The van der Waals surface area contributed by atoms with Crippen molar-refractivity contribution in [2.45, 2.75) is 19.1 Å². The molecule has 0 amide bonds. The summed E-state index contributed by atoms with van der Waals surface area (Å²) in [5.41, 5.74) is 2.18. The van der Waals surface area contributed by atoms with Crippen molar-refractivity contribution < 1.29 is 5.11 Å². The average molecular weight is 241 g/mol. The molecule has 2 nitrogen and oxygen atoms in total. The Bertz CT molecular complexity index is 410. The highest BCUT2D eigenvalue weighted by atomic mass is 16.3. The van der Waals surface area contributed by atoms with Crippen LogP contribution < -0.4 is 5.32 Å². The number of aliphatic hydroxyl groups excluding tert-OH is 1. The summed E-state index contributed by atoms with van der Waals surface area (Å²) >= 11 is 0. The summed E-state index contributed by atoms with van der Waals surface area (Å²) in [4.78, 5) is 0. The Morgan fingerprint density at radius 3 is 1.94 bits per heavy atom. The summed E-state index contributed by atoms with van der Waals surface area (Å²) in [6, 6.07) is 20.2. The number of hydrogen-bond acceptors (Lipinski definition) is 2. The van der Waals surface area contributed by atoms with Crippen molar-refractivity contribution >= 4 is 0 Å². The Hall–Kier alpha value is -1.64. The first-order valence-corrected chi connectivity index (χ1v) is 6.28. The standard InChI is InChI=1S/C16H19NO/c1-13(14-8-4-2-5-9-14)17-12-16(18)15-10-6-3-7-11-15/h2-11,13,16-18H,12H2,1H3/t13-,16-/m0/s1. The Morgan fingerprint density at radius 1 is 0.889 bits per heavy atom. The van der Waals surface area contributed by atoms with Crippen LogP contribution in [0.4, 0.5) is 0 Å². The lowest BCUT2D eigenvalue weighted by molar-refractivity contribution is 0.171. The van der Waals surface area contributed by atoms with Crippen LogP contribution in [0, 0.1) is 0 Å². The van der Waals surface area contributed by atoms with E-state index in [1.807, 2.05) is 48.5 Å². The second-order valence-corrected chi connectivity index (χ2v) is 4.47. The van der Waals surface area contributed by atoms with Gasteiger partial charge in [-0.2, -0.15) is 0 Å². The molecule has 0 aliphatic carbocycles. The van der Waals surface area contributed by atoms with Crippen molar-refractivity contribution in [1.82, 2.24) is 5.32 Å². The van der Waals surface area contributed by atoms with Gasteiger partial charge in [0, 0.05) is 12.6 Å². The van der Waals surface area contributed by atoms with Gasteiger partial charge in [-0.15, -0.1) is 0 Å². The number of hydrogen-bond donors (Lipinski definition) is 2. The second-order valence-electron chi connectivity index (χ2n) is 4.47. The fourth-order valence-electron chi connectivity index (χ4n) is 1.94. The van der Waals surface area contributed by atoms with Crippen molar-refractivity contribution in [2.24, 2.45) is 0 Å². The molecule has 2 rings (SSSR count). The number of aliphatic hydroxyl groups is 1. The summed E-state index contributed by atoms with van der Waals surface area (Å²) in [6.07, 6.45) is -0.461. The molecular formula is C16H19NO. The van der Waals surface area contributed by atoms with Crippen molar-refractivity contribution in [1.29, 1.82) is 0 Å². The maximum atomic E-state index is 10.1. The molecule has 0 aliphatic rings. The minimum Gasteiger partial charge on any atom is -0.387 e. The maximum absolute atomic E-state index is 10.1. The van der Waals surface area contributed by atoms with Gasteiger partial charge in [0.1, 0.15) is 0 Å². The third-order valence-corrected chi connectivity index (χ3v) is 3.10. The minimum absolute atomic E-state index is 0.240. The predicted octanol–water partition coefficient (Wildman–Crippen LogP) is 3.07. The monoisotopic (exact) mass is 241 g/mol. The average Bonchev–Trinajstić information content (AvgIpc) is 2.46. The van der Waals surface area contributed by atoms with E-state index in [9.17, 15) is 5.11 Å². The van der Waals surface area contributed by atoms with Crippen LogP contribution in [0.2, 0.25) is 0 Å². The Labute approximate surface area is 108 Å². The van der Waals surface area contributed by atoms with Gasteiger partial charge in [0.15, 0.2) is 0 Å². The van der Waals surface area contributed by atoms with Gasteiger partial charge < -0.3 is 10.4 Å². The van der Waals surface area contributed by atoms with Gasteiger partial charge >= 0.3 is 0 Å². The van der Waals surface area contributed by atoms with Gasteiger partial charge in [-0.1, -0.05) is 60.7 Å². The zero-order valence-corrected chi connectivity index (χ0v) is 10.6. The molecule has 2 heteroatoms. The summed E-state index contributed by atoms with van der Waals surface area (Å²) < 4.78 is 0. The van der Waals surface area contributed by atoms with E-state index in [2.05, 4.69) is 24.4 Å². The van der Waals surface area contributed by atoms with Gasteiger partial charge in [0.05, 0.1) is 6.10 Å². The van der Waals surface area contributed by atoms with Gasteiger partial charge in [0.2, 0.25) is 0 Å². The molecule has 2 aromatic carbocycles. The highest BCUT2D eigenvalue weighted by Crippen LogP contribution is 2.15. The molecule has 0 unspecified atom stereocenters. The molecule has 94 valence electrons. The summed E-state index contributed by atoms with van der Waals surface area (Å²) in [7, 11) is 0. The lowest BCUT2D eigenvalue weighted by atomic mass is 10.1. The smallest absolute Gasteiger partial charge is 0.0914 e. The van der Waals surface area contributed by atoms with Crippen molar-refractivity contribution in [3.05, 3.63) is 71.8 Å². The van der Waals surface area contributed by atoms with E-state index in [-0.39, 0.29) is 6.04 Å². The normalized spacial score (nSPS) is 14.1. The topological polar surface area (TPSA) is 32.3 Å². The van der Waals surface area contributed by atoms with Gasteiger partial charge in [-0.25, -0.2) is 0 Å². The molecule has 0 bridgehead atoms. The van der Waals surface area contributed by atoms with E-state index < -0.39 is 6.10 Å². The van der Waals surface area contributed by atoms with Gasteiger partial charge in [-0.3, -0.25) is 0 Å². The first kappa shape index (κ1) is 12.8. The highest BCUT2D eigenvalue weighted by molar-refractivity contribution is 5.19. The van der Waals surface area contributed by atoms with E-state index in [1.54, 1.807) is 0 Å². The number of nitrogens with one attached hydrogen (secondary N) is 1. The minimum atomic E-state index is -0.461. The highest BCUT2D eigenvalue weighted by Gasteiger charge is 2.09. The van der Waals surface area contributed by atoms with Gasteiger partial charge in [-0.05, 0) is 18.1 Å². The molecule has 0 saturated carbocycles. The zero-order valence-electron chi connectivity index (χ0n) is 10.6. The van der Waals surface area contributed by atoms with Crippen LogP contribution in [0.1, 0.15) is 30.2 Å². The number of benzene rings is 2. The molecule has 0 saturated heterocycles. The summed E-state index contributed by atoms with van der Waals surface area (Å²) in [5.74, 6) is 0. The van der Waals surface area contributed by atoms with Crippen LogP contribution in [0.15, 0.2) is 60.7 Å². The summed E-state index contributed by atoms with van der Waals surface area (Å²) in [5, 5.41) is 13.4. The van der Waals surface area contributed by atoms with Crippen LogP contribution in [0.3, 0.4) is 0 Å². The van der Waals surface area contributed by atoms with Crippen molar-refractivity contribution in [2.75, 3.05) is 6.54 Å². The molecule has 0 heterocycles. The third kappa shape index (κ3) is 3.42. The van der Waals surface area contributed by atoms with Gasteiger partial charge in [0.25, 0.3) is 0 Å². The van der Waals surface area contributed by atoms with Crippen LogP contribution in [-0.2, 0) is 0 Å². The van der Waals surface area contributed by atoms with E-state index in [0.717, 1.165) is 5.56 Å². The van der Waals surface area contributed by atoms with E-state index >= 15 is 0 Å². The fourth-order valence-corrected chi connectivity index (χ4v) is 1.94. The number of rotatable bonds is 5. The first-order chi connectivity index (χ1) is 8.77. The van der Waals surface area contributed by atoms with Crippen molar-refractivity contribution in [3.63, 3.8) is 0 Å². The molecule has 0 fully saturated rings. The molecule has 0 radical (unpaired) electrons. The molecule has 2 atom stereocenters. The second kappa shape index (κ2) is 6.34. The van der Waals surface area contributed by atoms with Crippen LogP contribution >= 0.6 is 0 Å². The first-order valence-electron chi connectivity index (χ1n) is 6.28. The Balaban J connectivity index is 1.89. The lowest BCUT2D eigenvalue weighted by Crippen LogP contribution is -2.24. The van der Waals surface area contributed by atoms with E-state index in [0.29, 0.717) is 6.54 Å². The van der Waals surface area contributed by atoms with Crippen LogP contribution in [0.5, 0.6) is 0 Å². The lowest BCUT2D eigenvalue weighted by Gasteiger charge is -2.17. The predicted molar refractivity (Wildman–Crippen MR) is 74.3 cm³/mol. The molecule has 0 aromatic heterocycles. The van der Waals surface area contributed by atoms with Crippen LogP contribution in [0.25, 0.3) is 0 Å².